The Bertz CT molecular complexity index is 442. The van der Waals surface area contributed by atoms with E-state index in [9.17, 15) is 9.90 Å². The molecule has 1 aromatic rings. The average molecular weight is 267 g/mol. The van der Waals surface area contributed by atoms with E-state index in [0.717, 1.165) is 0 Å². The largest absolute Gasteiger partial charge is 0.394 e. The molecule has 104 valence electrons. The van der Waals surface area contributed by atoms with Crippen LogP contribution in [-0.4, -0.2) is 38.6 Å². The smallest absolute Gasteiger partial charge is 0.351 e. The lowest BCUT2D eigenvalue weighted by atomic mass is 10.2. The van der Waals surface area contributed by atoms with E-state index in [1.165, 1.54) is 16.8 Å². The van der Waals surface area contributed by atoms with Crippen molar-refractivity contribution in [2.45, 2.75) is 24.9 Å². The molecule has 9 heteroatoms. The molecule has 4 N–H and O–H groups in total. The van der Waals surface area contributed by atoms with E-state index in [1.807, 2.05) is 0 Å². The Labute approximate surface area is 101 Å². The van der Waals surface area contributed by atoms with Gasteiger partial charge in [-0.2, -0.15) is 4.98 Å². The molecule has 0 bridgehead atoms. The Kier molecular flexibility index (Phi) is 5.82. The SMILES string of the molecule is F.F.Nc1ccn([C@H]2C[C@H](O)[C@@H](CO)O2)c(=O)n1. The molecule has 18 heavy (non-hydrogen) atoms. The maximum Gasteiger partial charge on any atom is 0.351 e. The lowest BCUT2D eigenvalue weighted by molar-refractivity contribution is -0.0458. The molecule has 1 saturated heterocycles. The summed E-state index contributed by atoms with van der Waals surface area (Å²) in [6.07, 6.45) is -0.333. The minimum Gasteiger partial charge on any atom is -0.394 e. The zero-order valence-corrected chi connectivity index (χ0v) is 9.30. The summed E-state index contributed by atoms with van der Waals surface area (Å²) in [5.74, 6) is 0.138. The second-order valence-corrected chi connectivity index (χ2v) is 3.66. The molecule has 3 atom stereocenters. The van der Waals surface area contributed by atoms with Crippen LogP contribution in [0, 0.1) is 0 Å². The first kappa shape index (κ1) is 16.4. The van der Waals surface area contributed by atoms with Gasteiger partial charge in [0, 0.05) is 12.6 Å². The van der Waals surface area contributed by atoms with Gasteiger partial charge in [-0.3, -0.25) is 14.0 Å². The zero-order chi connectivity index (χ0) is 11.7. The number of halogens is 2. The van der Waals surface area contributed by atoms with Gasteiger partial charge in [0.25, 0.3) is 0 Å². The van der Waals surface area contributed by atoms with Crippen molar-refractivity contribution in [3.05, 3.63) is 22.7 Å². The number of nitrogen functional groups attached to an aromatic ring is 1. The second-order valence-electron chi connectivity index (χ2n) is 3.66. The van der Waals surface area contributed by atoms with Gasteiger partial charge in [0.15, 0.2) is 0 Å². The van der Waals surface area contributed by atoms with Gasteiger partial charge in [-0.05, 0) is 6.07 Å². The third-order valence-corrected chi connectivity index (χ3v) is 2.55. The summed E-state index contributed by atoms with van der Waals surface area (Å²) < 4.78 is 6.56. The van der Waals surface area contributed by atoms with E-state index in [4.69, 9.17) is 15.6 Å². The molecule has 2 rings (SSSR count). The first-order valence-electron chi connectivity index (χ1n) is 4.91. The number of nitrogens with two attached hydrogens (primary N) is 1. The van der Waals surface area contributed by atoms with Gasteiger partial charge < -0.3 is 20.7 Å². The molecule has 0 amide bonds. The highest BCUT2D eigenvalue weighted by Gasteiger charge is 2.34. The average Bonchev–Trinajstić information content (AvgIpc) is 2.59. The second kappa shape index (κ2) is 6.38. The number of anilines is 1. The molecule has 0 saturated carbocycles. The van der Waals surface area contributed by atoms with Crippen molar-refractivity contribution >= 4 is 5.82 Å². The molecule has 2 heterocycles. The van der Waals surface area contributed by atoms with Crippen LogP contribution >= 0.6 is 0 Å². The number of aromatic nitrogens is 2. The van der Waals surface area contributed by atoms with Crippen LogP contribution in [0.3, 0.4) is 0 Å². The maximum atomic E-state index is 11.5. The van der Waals surface area contributed by atoms with E-state index in [1.54, 1.807) is 0 Å². The summed E-state index contributed by atoms with van der Waals surface area (Å²) in [6, 6.07) is 1.48. The molecular weight excluding hydrogens is 252 g/mol. The summed E-state index contributed by atoms with van der Waals surface area (Å²) >= 11 is 0. The number of hydrogen-bond acceptors (Lipinski definition) is 6. The first-order valence-corrected chi connectivity index (χ1v) is 4.91. The van der Waals surface area contributed by atoms with E-state index in [0.29, 0.717) is 0 Å². The summed E-state index contributed by atoms with van der Waals surface area (Å²) in [5, 5.41) is 18.4. The predicted molar refractivity (Wildman–Crippen MR) is 59.5 cm³/mol. The van der Waals surface area contributed by atoms with Gasteiger partial charge >= 0.3 is 5.69 Å². The summed E-state index contributed by atoms with van der Waals surface area (Å²) in [7, 11) is 0. The van der Waals surface area contributed by atoms with E-state index in [2.05, 4.69) is 4.98 Å². The van der Waals surface area contributed by atoms with E-state index < -0.39 is 24.1 Å². The van der Waals surface area contributed by atoms with Crippen molar-refractivity contribution in [3.8, 4) is 0 Å². The van der Waals surface area contributed by atoms with Gasteiger partial charge in [-0.25, -0.2) is 4.79 Å². The van der Waals surface area contributed by atoms with Crippen molar-refractivity contribution in [1.29, 1.82) is 0 Å². The number of aliphatic hydroxyl groups excluding tert-OH is 2. The van der Waals surface area contributed by atoms with Crippen molar-refractivity contribution < 1.29 is 24.4 Å². The predicted octanol–water partition coefficient (Wildman–Crippen LogP) is -1.23. The fourth-order valence-corrected chi connectivity index (χ4v) is 1.70. The maximum absolute atomic E-state index is 11.5. The molecule has 1 fully saturated rings. The summed E-state index contributed by atoms with van der Waals surface area (Å²) in [6.45, 7) is -0.283. The van der Waals surface area contributed by atoms with Gasteiger partial charge in [0.2, 0.25) is 0 Å². The van der Waals surface area contributed by atoms with Crippen LogP contribution in [0.25, 0.3) is 0 Å². The molecule has 1 aliphatic rings. The van der Waals surface area contributed by atoms with E-state index in [-0.39, 0.29) is 28.3 Å². The lowest BCUT2D eigenvalue weighted by Crippen LogP contribution is -2.27. The molecular formula is C9H15F2N3O4. The van der Waals surface area contributed by atoms with Crippen LogP contribution in [0.4, 0.5) is 15.2 Å². The molecule has 0 aliphatic carbocycles. The highest BCUT2D eigenvalue weighted by Crippen LogP contribution is 2.27. The number of nitrogens with zero attached hydrogens (tertiary/aromatic N) is 2. The monoisotopic (exact) mass is 267 g/mol. The highest BCUT2D eigenvalue weighted by molar-refractivity contribution is 5.23. The normalized spacial score (nSPS) is 26.2. The van der Waals surface area contributed by atoms with Crippen molar-refractivity contribution in [1.82, 2.24) is 9.55 Å². The van der Waals surface area contributed by atoms with Gasteiger partial charge in [0.1, 0.15) is 18.1 Å². The Morgan fingerprint density at radius 1 is 1.56 bits per heavy atom. The quantitative estimate of drug-likeness (QED) is 0.619. The van der Waals surface area contributed by atoms with Gasteiger partial charge in [-0.1, -0.05) is 0 Å². The summed E-state index contributed by atoms with van der Waals surface area (Å²) in [5.41, 5.74) is 4.82. The van der Waals surface area contributed by atoms with Crippen LogP contribution in [0.15, 0.2) is 17.1 Å². The van der Waals surface area contributed by atoms with Gasteiger partial charge in [0.05, 0.1) is 12.7 Å². The fraction of sp³-hybridized carbons (Fsp3) is 0.556. The third kappa shape index (κ3) is 3.00. The van der Waals surface area contributed by atoms with Crippen molar-refractivity contribution in [2.75, 3.05) is 12.3 Å². The van der Waals surface area contributed by atoms with Crippen molar-refractivity contribution in [3.63, 3.8) is 0 Å². The fourth-order valence-electron chi connectivity index (χ4n) is 1.70. The molecule has 1 aliphatic heterocycles. The molecule has 0 unspecified atom stereocenters. The summed E-state index contributed by atoms with van der Waals surface area (Å²) in [4.78, 5) is 15.0. The highest BCUT2D eigenvalue weighted by atomic mass is 19.0. The minimum absolute atomic E-state index is 0. The Hall–Kier alpha value is -1.58. The zero-order valence-electron chi connectivity index (χ0n) is 9.30. The van der Waals surface area contributed by atoms with Crippen LogP contribution in [0.2, 0.25) is 0 Å². The Balaban J connectivity index is 0.00000144. The molecule has 7 nitrogen and oxygen atoms in total. The lowest BCUT2D eigenvalue weighted by Gasteiger charge is -2.13. The topological polar surface area (TPSA) is 111 Å². The molecule has 1 aromatic heterocycles. The number of aliphatic hydroxyl groups is 2. The van der Waals surface area contributed by atoms with Crippen molar-refractivity contribution in [2.24, 2.45) is 0 Å². The minimum atomic E-state index is -0.778. The number of hydrogen-bond donors (Lipinski definition) is 3. The standard InChI is InChI=1S/C9H13N3O4.2FH/c10-7-1-2-12(9(15)11-7)8-3-5(14)6(4-13)16-8;;/h1-2,5-6,8,13-14H,3-4H2,(H2,10,11,15);2*1H/t5-,6+,8+;;/m0../s1. The Morgan fingerprint density at radius 2 is 2.22 bits per heavy atom. The van der Waals surface area contributed by atoms with Crippen LogP contribution in [0.1, 0.15) is 12.6 Å². The number of ether oxygens (including phenoxy) is 1. The third-order valence-electron chi connectivity index (χ3n) is 2.55. The van der Waals surface area contributed by atoms with Crippen LogP contribution in [0.5, 0.6) is 0 Å². The molecule has 0 spiro atoms. The van der Waals surface area contributed by atoms with E-state index >= 15 is 0 Å². The number of rotatable bonds is 2. The molecule has 0 radical (unpaired) electrons. The molecule has 0 aromatic carbocycles. The van der Waals surface area contributed by atoms with Crippen LogP contribution < -0.4 is 11.4 Å². The van der Waals surface area contributed by atoms with Crippen LogP contribution in [-0.2, 0) is 4.74 Å². The van der Waals surface area contributed by atoms with Gasteiger partial charge in [-0.15, -0.1) is 0 Å². The Morgan fingerprint density at radius 3 is 2.72 bits per heavy atom. The first-order chi connectivity index (χ1) is 7.61.